The summed E-state index contributed by atoms with van der Waals surface area (Å²) in [4.78, 5) is 2.46. The van der Waals surface area contributed by atoms with Crippen LogP contribution in [0.3, 0.4) is 0 Å². The zero-order valence-corrected chi connectivity index (χ0v) is 11.6. The van der Waals surface area contributed by atoms with E-state index in [1.807, 2.05) is 0 Å². The average Bonchev–Trinajstić information content (AvgIpc) is 2.31. The van der Waals surface area contributed by atoms with Gasteiger partial charge in [0.1, 0.15) is 0 Å². The molecule has 0 aliphatic carbocycles. The highest BCUT2D eigenvalue weighted by Gasteiger charge is 2.28. The molecule has 18 heavy (non-hydrogen) atoms. The molecule has 0 saturated carbocycles. The molecule has 0 radical (unpaired) electrons. The highest BCUT2D eigenvalue weighted by molar-refractivity contribution is 5.29. The van der Waals surface area contributed by atoms with Gasteiger partial charge in [0.2, 0.25) is 0 Å². The van der Waals surface area contributed by atoms with Crippen LogP contribution in [0.5, 0.6) is 0 Å². The van der Waals surface area contributed by atoms with Gasteiger partial charge in [-0.1, -0.05) is 24.3 Å². The second-order valence-electron chi connectivity index (χ2n) is 5.32. The molecule has 1 saturated heterocycles. The van der Waals surface area contributed by atoms with Crippen LogP contribution in [0.2, 0.25) is 0 Å². The summed E-state index contributed by atoms with van der Waals surface area (Å²) < 4.78 is 5.79. The quantitative estimate of drug-likeness (QED) is 0.890. The van der Waals surface area contributed by atoms with Crippen LogP contribution in [0, 0.1) is 6.92 Å². The van der Waals surface area contributed by atoms with Crippen molar-refractivity contribution in [1.29, 1.82) is 0 Å². The summed E-state index contributed by atoms with van der Waals surface area (Å²) in [7, 11) is 0. The van der Waals surface area contributed by atoms with E-state index < -0.39 is 0 Å². The summed E-state index contributed by atoms with van der Waals surface area (Å²) in [5, 5.41) is 0. The van der Waals surface area contributed by atoms with E-state index in [1.165, 1.54) is 11.1 Å². The van der Waals surface area contributed by atoms with Crippen LogP contribution in [0.1, 0.15) is 31.0 Å². The smallest absolute Gasteiger partial charge is 0.0678 e. The van der Waals surface area contributed by atoms with Gasteiger partial charge >= 0.3 is 0 Å². The summed E-state index contributed by atoms with van der Waals surface area (Å²) >= 11 is 0. The number of hydrogen-bond donors (Lipinski definition) is 1. The minimum atomic E-state index is 0.284. The molecule has 3 nitrogen and oxygen atoms in total. The van der Waals surface area contributed by atoms with E-state index in [1.54, 1.807) is 0 Å². The fourth-order valence-corrected chi connectivity index (χ4v) is 2.91. The van der Waals surface area contributed by atoms with Gasteiger partial charge < -0.3 is 10.5 Å². The standard InChI is InChI=1S/C15H24N2O/c1-11-6-4-5-7-14(11)15(8-16)17-9-12(2)18-13(3)10-17/h4-7,12-13,15H,8-10,16H2,1-3H3/t12-,13+,15-/m0/s1. The van der Waals surface area contributed by atoms with Crippen LogP contribution in [-0.2, 0) is 4.74 Å². The maximum Gasteiger partial charge on any atom is 0.0678 e. The third kappa shape index (κ3) is 2.91. The number of nitrogens with two attached hydrogens (primary N) is 1. The largest absolute Gasteiger partial charge is 0.373 e. The Morgan fingerprint density at radius 1 is 1.28 bits per heavy atom. The lowest BCUT2D eigenvalue weighted by molar-refractivity contribution is -0.0799. The second kappa shape index (κ2) is 5.83. The molecule has 0 aromatic heterocycles. The van der Waals surface area contributed by atoms with Gasteiger partial charge in [-0.2, -0.15) is 0 Å². The van der Waals surface area contributed by atoms with Crippen molar-refractivity contribution in [2.75, 3.05) is 19.6 Å². The molecule has 1 heterocycles. The Bertz CT molecular complexity index is 384. The Balaban J connectivity index is 2.20. The normalized spacial score (nSPS) is 27.1. The molecule has 0 bridgehead atoms. The molecule has 1 fully saturated rings. The van der Waals surface area contributed by atoms with Crippen molar-refractivity contribution in [3.63, 3.8) is 0 Å². The number of morpholine rings is 1. The molecule has 3 atom stereocenters. The summed E-state index contributed by atoms with van der Waals surface area (Å²) in [6, 6.07) is 8.83. The van der Waals surface area contributed by atoms with Gasteiger partial charge in [0.05, 0.1) is 12.2 Å². The molecule has 0 amide bonds. The van der Waals surface area contributed by atoms with Crippen LogP contribution >= 0.6 is 0 Å². The summed E-state index contributed by atoms with van der Waals surface area (Å²) in [6.07, 6.45) is 0.568. The summed E-state index contributed by atoms with van der Waals surface area (Å²) in [5.41, 5.74) is 8.68. The van der Waals surface area contributed by atoms with E-state index in [0.717, 1.165) is 13.1 Å². The number of benzene rings is 1. The minimum Gasteiger partial charge on any atom is -0.373 e. The number of aryl methyl sites for hydroxylation is 1. The Kier molecular flexibility index (Phi) is 4.38. The zero-order chi connectivity index (χ0) is 13.1. The van der Waals surface area contributed by atoms with E-state index >= 15 is 0 Å². The van der Waals surface area contributed by atoms with Gasteiger partial charge in [-0.25, -0.2) is 0 Å². The van der Waals surface area contributed by atoms with Crippen molar-refractivity contribution in [3.8, 4) is 0 Å². The fourth-order valence-electron chi connectivity index (χ4n) is 2.91. The zero-order valence-electron chi connectivity index (χ0n) is 11.6. The molecule has 3 heteroatoms. The topological polar surface area (TPSA) is 38.5 Å². The first kappa shape index (κ1) is 13.5. The maximum atomic E-state index is 6.01. The van der Waals surface area contributed by atoms with Crippen LogP contribution < -0.4 is 5.73 Å². The molecule has 1 aliphatic heterocycles. The molecule has 0 unspecified atom stereocenters. The molecule has 2 N–H and O–H groups in total. The lowest BCUT2D eigenvalue weighted by Gasteiger charge is -2.40. The Labute approximate surface area is 110 Å². The van der Waals surface area contributed by atoms with Gasteiger partial charge in [0.15, 0.2) is 0 Å². The Hall–Kier alpha value is -0.900. The fraction of sp³-hybridized carbons (Fsp3) is 0.600. The molecule has 1 aliphatic rings. The van der Waals surface area contributed by atoms with Gasteiger partial charge in [-0.05, 0) is 31.9 Å². The average molecular weight is 248 g/mol. The number of ether oxygens (including phenoxy) is 1. The van der Waals surface area contributed by atoms with Crippen LogP contribution in [0.25, 0.3) is 0 Å². The number of hydrogen-bond acceptors (Lipinski definition) is 3. The molecule has 1 aromatic carbocycles. The minimum absolute atomic E-state index is 0.284. The third-order valence-electron chi connectivity index (χ3n) is 3.66. The molecule has 1 aromatic rings. The molecular formula is C15H24N2O. The first-order chi connectivity index (χ1) is 8.61. The number of rotatable bonds is 3. The SMILES string of the molecule is Cc1ccccc1[C@H](CN)N1C[C@@H](C)O[C@@H](C)C1. The van der Waals surface area contributed by atoms with E-state index in [0.29, 0.717) is 12.6 Å². The van der Waals surface area contributed by atoms with E-state index in [4.69, 9.17) is 10.5 Å². The van der Waals surface area contributed by atoms with Crippen LogP contribution in [-0.4, -0.2) is 36.7 Å². The summed E-state index contributed by atoms with van der Waals surface area (Å²) in [6.45, 7) is 9.00. The van der Waals surface area contributed by atoms with Gasteiger partial charge in [0, 0.05) is 25.7 Å². The van der Waals surface area contributed by atoms with Gasteiger partial charge in [-0.3, -0.25) is 4.90 Å². The van der Waals surface area contributed by atoms with Crippen molar-refractivity contribution >= 4 is 0 Å². The molecule has 2 rings (SSSR count). The molecule has 0 spiro atoms. The van der Waals surface area contributed by atoms with E-state index in [9.17, 15) is 0 Å². The van der Waals surface area contributed by atoms with Crippen molar-refractivity contribution < 1.29 is 4.74 Å². The Morgan fingerprint density at radius 3 is 2.44 bits per heavy atom. The van der Waals surface area contributed by atoms with Crippen molar-refractivity contribution in [2.45, 2.75) is 39.0 Å². The lowest BCUT2D eigenvalue weighted by atomic mass is 9.99. The monoisotopic (exact) mass is 248 g/mol. The summed E-state index contributed by atoms with van der Waals surface area (Å²) in [5.74, 6) is 0. The van der Waals surface area contributed by atoms with E-state index in [-0.39, 0.29) is 12.2 Å². The molecule has 100 valence electrons. The predicted molar refractivity (Wildman–Crippen MR) is 74.6 cm³/mol. The van der Waals surface area contributed by atoms with Gasteiger partial charge in [0.25, 0.3) is 0 Å². The first-order valence-corrected chi connectivity index (χ1v) is 6.77. The van der Waals surface area contributed by atoms with Crippen molar-refractivity contribution in [1.82, 2.24) is 4.90 Å². The van der Waals surface area contributed by atoms with Gasteiger partial charge in [-0.15, -0.1) is 0 Å². The van der Waals surface area contributed by atoms with Crippen molar-refractivity contribution in [3.05, 3.63) is 35.4 Å². The maximum absolute atomic E-state index is 6.01. The van der Waals surface area contributed by atoms with Crippen molar-refractivity contribution in [2.24, 2.45) is 5.73 Å². The predicted octanol–water partition coefficient (Wildman–Crippen LogP) is 2.10. The van der Waals surface area contributed by atoms with Crippen LogP contribution in [0.15, 0.2) is 24.3 Å². The molecular weight excluding hydrogens is 224 g/mol. The third-order valence-corrected chi connectivity index (χ3v) is 3.66. The van der Waals surface area contributed by atoms with Crippen LogP contribution in [0.4, 0.5) is 0 Å². The number of nitrogens with zero attached hydrogens (tertiary/aromatic N) is 1. The highest BCUT2D eigenvalue weighted by Crippen LogP contribution is 2.26. The Morgan fingerprint density at radius 2 is 1.89 bits per heavy atom. The lowest BCUT2D eigenvalue weighted by Crippen LogP contribution is -2.48. The second-order valence-corrected chi connectivity index (χ2v) is 5.32. The highest BCUT2D eigenvalue weighted by atomic mass is 16.5. The van der Waals surface area contributed by atoms with E-state index in [2.05, 4.69) is 49.9 Å². The first-order valence-electron chi connectivity index (χ1n) is 6.77.